The molecule has 2 aliphatic rings. The number of nitrogens with one attached hydrogen (secondary N) is 1. The summed E-state index contributed by atoms with van der Waals surface area (Å²) in [6.07, 6.45) is 5.33. The summed E-state index contributed by atoms with van der Waals surface area (Å²) in [6, 6.07) is 0. The molecule has 4 N–H and O–H groups in total. The SMILES string of the molecule is NS(=O)(=O)NCC1CCCN(C(=O)C2(C(=O)O)CC=CC2)C1. The van der Waals surface area contributed by atoms with Crippen molar-refractivity contribution in [2.24, 2.45) is 16.5 Å². The van der Waals surface area contributed by atoms with E-state index < -0.39 is 21.6 Å². The maximum absolute atomic E-state index is 12.7. The van der Waals surface area contributed by atoms with E-state index >= 15 is 0 Å². The van der Waals surface area contributed by atoms with E-state index in [-0.39, 0.29) is 31.2 Å². The Balaban J connectivity index is 2.02. The van der Waals surface area contributed by atoms with Crippen LogP contribution in [0.1, 0.15) is 25.7 Å². The fourth-order valence-electron chi connectivity index (χ4n) is 3.05. The first-order valence-electron chi connectivity index (χ1n) is 7.20. The van der Waals surface area contributed by atoms with Crippen molar-refractivity contribution in [3.05, 3.63) is 12.2 Å². The third-order valence-electron chi connectivity index (χ3n) is 4.30. The Kier molecular flexibility index (Phi) is 4.88. The van der Waals surface area contributed by atoms with Gasteiger partial charge in [-0.05, 0) is 31.6 Å². The lowest BCUT2D eigenvalue weighted by molar-refractivity contribution is -0.161. The number of likely N-dealkylation sites (tertiary alicyclic amines) is 1. The number of nitrogens with zero attached hydrogens (tertiary/aromatic N) is 1. The minimum absolute atomic E-state index is 0.0590. The number of hydrogen-bond acceptors (Lipinski definition) is 4. The number of carbonyl (C=O) groups is 2. The summed E-state index contributed by atoms with van der Waals surface area (Å²) in [5, 5.41) is 14.3. The molecule has 1 fully saturated rings. The molecule has 2 rings (SSSR count). The molecule has 9 heteroatoms. The number of carbonyl (C=O) groups excluding carboxylic acids is 1. The largest absolute Gasteiger partial charge is 0.480 e. The van der Waals surface area contributed by atoms with Gasteiger partial charge in [-0.2, -0.15) is 8.42 Å². The maximum atomic E-state index is 12.7. The molecule has 22 heavy (non-hydrogen) atoms. The summed E-state index contributed by atoms with van der Waals surface area (Å²) in [5.74, 6) is -1.55. The van der Waals surface area contributed by atoms with E-state index in [1.165, 1.54) is 0 Å². The molecule has 0 aromatic rings. The zero-order chi connectivity index (χ0) is 16.4. The summed E-state index contributed by atoms with van der Waals surface area (Å²) < 4.78 is 24.1. The van der Waals surface area contributed by atoms with E-state index in [2.05, 4.69) is 4.72 Å². The lowest BCUT2D eigenvalue weighted by Gasteiger charge is -2.37. The highest BCUT2D eigenvalue weighted by Gasteiger charge is 2.49. The summed E-state index contributed by atoms with van der Waals surface area (Å²) >= 11 is 0. The molecule has 1 heterocycles. The Labute approximate surface area is 129 Å². The number of aliphatic carboxylic acids is 1. The lowest BCUT2D eigenvalue weighted by Crippen LogP contribution is -2.52. The van der Waals surface area contributed by atoms with Gasteiger partial charge in [0.05, 0.1) is 0 Å². The van der Waals surface area contributed by atoms with Crippen molar-refractivity contribution in [2.75, 3.05) is 19.6 Å². The second-order valence-electron chi connectivity index (χ2n) is 5.92. The first kappa shape index (κ1) is 16.9. The summed E-state index contributed by atoms with van der Waals surface area (Å²) in [5.41, 5.74) is -1.39. The zero-order valence-electron chi connectivity index (χ0n) is 12.2. The van der Waals surface area contributed by atoms with E-state index in [9.17, 15) is 23.1 Å². The second-order valence-corrected chi connectivity index (χ2v) is 7.30. The number of rotatable bonds is 5. The Morgan fingerprint density at radius 2 is 2.00 bits per heavy atom. The van der Waals surface area contributed by atoms with Crippen LogP contribution in [0.25, 0.3) is 0 Å². The van der Waals surface area contributed by atoms with Crippen LogP contribution in [0.3, 0.4) is 0 Å². The van der Waals surface area contributed by atoms with Crippen LogP contribution in [0.4, 0.5) is 0 Å². The average molecular weight is 331 g/mol. The van der Waals surface area contributed by atoms with E-state index in [1.54, 1.807) is 17.1 Å². The molecule has 1 aliphatic carbocycles. The topological polar surface area (TPSA) is 130 Å². The highest BCUT2D eigenvalue weighted by atomic mass is 32.2. The molecule has 0 aromatic heterocycles. The Morgan fingerprint density at radius 1 is 1.36 bits per heavy atom. The van der Waals surface area contributed by atoms with Gasteiger partial charge in [0.15, 0.2) is 5.41 Å². The van der Waals surface area contributed by atoms with Gasteiger partial charge in [0.2, 0.25) is 5.91 Å². The normalized spacial score (nSPS) is 24.4. The van der Waals surface area contributed by atoms with Crippen LogP contribution in [0.5, 0.6) is 0 Å². The first-order valence-corrected chi connectivity index (χ1v) is 8.74. The fourth-order valence-corrected chi connectivity index (χ4v) is 3.51. The minimum Gasteiger partial charge on any atom is -0.480 e. The molecule has 0 bridgehead atoms. The monoisotopic (exact) mass is 331 g/mol. The minimum atomic E-state index is -3.76. The Bertz CT molecular complexity index is 578. The lowest BCUT2D eigenvalue weighted by atomic mass is 9.82. The average Bonchev–Trinajstić information content (AvgIpc) is 2.95. The number of nitrogens with two attached hydrogens (primary N) is 1. The molecule has 1 amide bonds. The van der Waals surface area contributed by atoms with Gasteiger partial charge in [0, 0.05) is 19.6 Å². The highest BCUT2D eigenvalue weighted by molar-refractivity contribution is 7.87. The molecule has 0 aromatic carbocycles. The molecule has 8 nitrogen and oxygen atoms in total. The van der Waals surface area contributed by atoms with Gasteiger partial charge in [0.25, 0.3) is 10.2 Å². The van der Waals surface area contributed by atoms with Crippen molar-refractivity contribution >= 4 is 22.1 Å². The van der Waals surface area contributed by atoms with Gasteiger partial charge in [-0.1, -0.05) is 12.2 Å². The molecule has 0 radical (unpaired) electrons. The van der Waals surface area contributed by atoms with Crippen LogP contribution in [-0.4, -0.2) is 49.9 Å². The molecular formula is C13H21N3O5S. The molecule has 1 aliphatic heterocycles. The van der Waals surface area contributed by atoms with Crippen molar-refractivity contribution < 1.29 is 23.1 Å². The van der Waals surface area contributed by atoms with Crippen LogP contribution < -0.4 is 9.86 Å². The van der Waals surface area contributed by atoms with Crippen LogP contribution in [-0.2, 0) is 19.8 Å². The molecule has 0 spiro atoms. The van der Waals surface area contributed by atoms with Gasteiger partial charge in [-0.15, -0.1) is 0 Å². The number of allylic oxidation sites excluding steroid dienone is 2. The van der Waals surface area contributed by atoms with E-state index in [0.29, 0.717) is 19.5 Å². The smallest absolute Gasteiger partial charge is 0.319 e. The van der Waals surface area contributed by atoms with Gasteiger partial charge in [0.1, 0.15) is 0 Å². The van der Waals surface area contributed by atoms with Gasteiger partial charge >= 0.3 is 5.97 Å². The highest BCUT2D eigenvalue weighted by Crippen LogP contribution is 2.36. The number of hydrogen-bond donors (Lipinski definition) is 3. The third-order valence-corrected chi connectivity index (χ3v) is 4.87. The third kappa shape index (κ3) is 3.65. The molecular weight excluding hydrogens is 310 g/mol. The van der Waals surface area contributed by atoms with Crippen LogP contribution in [0.2, 0.25) is 0 Å². The van der Waals surface area contributed by atoms with Crippen molar-refractivity contribution in [1.82, 2.24) is 9.62 Å². The second kappa shape index (κ2) is 6.35. The Hall–Kier alpha value is -1.45. The van der Waals surface area contributed by atoms with Crippen molar-refractivity contribution in [1.29, 1.82) is 0 Å². The van der Waals surface area contributed by atoms with Gasteiger partial charge < -0.3 is 10.0 Å². The Morgan fingerprint density at radius 3 is 2.55 bits per heavy atom. The van der Waals surface area contributed by atoms with E-state index in [4.69, 9.17) is 5.14 Å². The number of carboxylic acid groups (broad SMARTS) is 1. The maximum Gasteiger partial charge on any atom is 0.319 e. The first-order chi connectivity index (χ1) is 10.2. The predicted octanol–water partition coefficient (Wildman–Crippen LogP) is -0.561. The van der Waals surface area contributed by atoms with Gasteiger partial charge in [-0.3, -0.25) is 9.59 Å². The number of amides is 1. The van der Waals surface area contributed by atoms with Crippen LogP contribution >= 0.6 is 0 Å². The van der Waals surface area contributed by atoms with Crippen molar-refractivity contribution in [3.63, 3.8) is 0 Å². The number of piperidine rings is 1. The zero-order valence-corrected chi connectivity index (χ0v) is 13.0. The quantitative estimate of drug-likeness (QED) is 0.459. The summed E-state index contributed by atoms with van der Waals surface area (Å²) in [4.78, 5) is 25.7. The molecule has 124 valence electrons. The van der Waals surface area contributed by atoms with Crippen LogP contribution in [0, 0.1) is 11.3 Å². The van der Waals surface area contributed by atoms with Crippen molar-refractivity contribution in [2.45, 2.75) is 25.7 Å². The van der Waals surface area contributed by atoms with Crippen LogP contribution in [0.15, 0.2) is 12.2 Å². The standard InChI is InChI=1S/C13H21N3O5S/c14-22(20,21)15-8-10-4-3-7-16(9-10)11(17)13(12(18)19)5-1-2-6-13/h1-2,10,15H,3-9H2,(H,18,19)(H2,14,20,21). The van der Waals surface area contributed by atoms with Gasteiger partial charge in [-0.25, -0.2) is 9.86 Å². The molecule has 0 saturated carbocycles. The molecule has 1 unspecified atom stereocenters. The van der Waals surface area contributed by atoms with Crippen molar-refractivity contribution in [3.8, 4) is 0 Å². The fraction of sp³-hybridized carbons (Fsp3) is 0.692. The van der Waals surface area contributed by atoms with E-state index in [0.717, 1.165) is 6.42 Å². The molecule has 1 saturated heterocycles. The van der Waals surface area contributed by atoms with E-state index in [1.807, 2.05) is 0 Å². The summed E-state index contributed by atoms with van der Waals surface area (Å²) in [7, 11) is -3.76. The molecule has 1 atom stereocenters. The summed E-state index contributed by atoms with van der Waals surface area (Å²) in [6.45, 7) is 0.997. The predicted molar refractivity (Wildman–Crippen MR) is 78.9 cm³/mol. The number of carboxylic acids is 1.